The summed E-state index contributed by atoms with van der Waals surface area (Å²) < 4.78 is 5.06. The molecule has 7 nitrogen and oxygen atoms in total. The minimum atomic E-state index is -0.455. The van der Waals surface area contributed by atoms with Gasteiger partial charge < -0.3 is 5.43 Å². The van der Waals surface area contributed by atoms with Crippen molar-refractivity contribution in [3.63, 3.8) is 0 Å². The average Bonchev–Trinajstić information content (AvgIpc) is 2.92. The Kier molecular flexibility index (Phi) is 4.88. The van der Waals surface area contributed by atoms with Gasteiger partial charge in [-0.25, -0.2) is 4.98 Å². The number of rotatable bonds is 6. The summed E-state index contributed by atoms with van der Waals surface area (Å²) in [4.78, 5) is 14.8. The van der Waals surface area contributed by atoms with Gasteiger partial charge in [-0.3, -0.25) is 16.0 Å². The predicted molar refractivity (Wildman–Crippen MR) is 79.8 cm³/mol. The lowest BCUT2D eigenvalue weighted by Crippen LogP contribution is -2.09. The molecule has 3 N–H and O–H groups in total. The first-order valence-electron chi connectivity index (χ1n) is 5.83. The Labute approximate surface area is 123 Å². The Morgan fingerprint density at radius 2 is 2.35 bits per heavy atom. The smallest absolute Gasteiger partial charge is 0.293 e. The van der Waals surface area contributed by atoms with Gasteiger partial charge in [-0.05, 0) is 23.2 Å². The predicted octanol–water partition coefficient (Wildman–Crippen LogP) is 2.59. The Morgan fingerprint density at radius 3 is 2.95 bits per heavy atom. The van der Waals surface area contributed by atoms with Gasteiger partial charge in [-0.2, -0.15) is 4.37 Å². The minimum Gasteiger partial charge on any atom is -0.318 e. The molecule has 20 heavy (non-hydrogen) atoms. The molecule has 0 amide bonds. The van der Waals surface area contributed by atoms with Crippen LogP contribution >= 0.6 is 23.3 Å². The number of hydrogen-bond acceptors (Lipinski definition) is 8. The summed E-state index contributed by atoms with van der Waals surface area (Å²) in [5, 5.41) is 10.9. The fourth-order valence-electron chi connectivity index (χ4n) is 1.53. The van der Waals surface area contributed by atoms with E-state index in [4.69, 9.17) is 5.84 Å². The van der Waals surface area contributed by atoms with E-state index in [9.17, 15) is 10.1 Å². The van der Waals surface area contributed by atoms with Crippen LogP contribution in [0.5, 0.6) is 0 Å². The second-order valence-electron chi connectivity index (χ2n) is 3.87. The van der Waals surface area contributed by atoms with Crippen LogP contribution in [-0.4, -0.2) is 14.3 Å². The zero-order valence-electron chi connectivity index (χ0n) is 10.7. The fraction of sp³-hybridized carbons (Fsp3) is 0.273. The van der Waals surface area contributed by atoms with E-state index in [1.54, 1.807) is 12.1 Å². The summed E-state index contributed by atoms with van der Waals surface area (Å²) in [6.45, 7) is 2.00. The molecular weight excluding hydrogens is 298 g/mol. The van der Waals surface area contributed by atoms with E-state index in [0.717, 1.165) is 22.1 Å². The highest BCUT2D eigenvalue weighted by molar-refractivity contribution is 8.00. The number of nitro benzene ring substituents is 1. The summed E-state index contributed by atoms with van der Waals surface area (Å²) in [5.74, 6) is 6.67. The van der Waals surface area contributed by atoms with Crippen molar-refractivity contribution in [3.05, 3.63) is 39.7 Å². The maximum Gasteiger partial charge on any atom is 0.293 e. The molecule has 0 fully saturated rings. The summed E-state index contributed by atoms with van der Waals surface area (Å²) in [7, 11) is 0. The number of thioether (sulfide) groups is 1. The number of nitrogens with one attached hydrogen (secondary N) is 1. The fourth-order valence-corrected chi connectivity index (χ4v) is 3.16. The van der Waals surface area contributed by atoms with Crippen molar-refractivity contribution in [2.45, 2.75) is 23.4 Å². The maximum absolute atomic E-state index is 10.9. The van der Waals surface area contributed by atoms with Gasteiger partial charge in [0.2, 0.25) is 0 Å². The lowest BCUT2D eigenvalue weighted by molar-refractivity contribution is -0.384. The van der Waals surface area contributed by atoms with Gasteiger partial charge in [0.05, 0.1) is 4.92 Å². The lowest BCUT2D eigenvalue weighted by atomic mass is 10.2. The van der Waals surface area contributed by atoms with Crippen molar-refractivity contribution in [1.82, 2.24) is 9.36 Å². The van der Waals surface area contributed by atoms with Gasteiger partial charge in [-0.1, -0.05) is 24.8 Å². The number of hydrazine groups is 1. The van der Waals surface area contributed by atoms with E-state index >= 15 is 0 Å². The van der Waals surface area contributed by atoms with E-state index in [1.165, 1.54) is 29.4 Å². The molecule has 0 saturated heterocycles. The molecule has 2 aromatic rings. The third-order valence-electron chi connectivity index (χ3n) is 2.54. The van der Waals surface area contributed by atoms with Crippen molar-refractivity contribution in [2.24, 2.45) is 5.84 Å². The van der Waals surface area contributed by atoms with Crippen molar-refractivity contribution >= 4 is 34.7 Å². The molecule has 0 bridgehead atoms. The van der Waals surface area contributed by atoms with Gasteiger partial charge in [0, 0.05) is 18.2 Å². The Hall–Kier alpha value is -1.71. The third kappa shape index (κ3) is 3.44. The van der Waals surface area contributed by atoms with Crippen molar-refractivity contribution in [1.29, 1.82) is 0 Å². The van der Waals surface area contributed by atoms with E-state index < -0.39 is 4.92 Å². The molecule has 0 unspecified atom stereocenters. The molecule has 1 aromatic heterocycles. The molecule has 0 radical (unpaired) electrons. The van der Waals surface area contributed by atoms with Gasteiger partial charge in [0.25, 0.3) is 5.69 Å². The molecule has 2 rings (SSSR count). The topological polar surface area (TPSA) is 107 Å². The average molecular weight is 311 g/mol. The number of nitrogen functional groups attached to an aromatic ring is 1. The number of nitrogens with zero attached hydrogens (tertiary/aromatic N) is 3. The molecule has 0 aliphatic rings. The highest BCUT2D eigenvalue weighted by atomic mass is 32.2. The van der Waals surface area contributed by atoms with Crippen LogP contribution in [0.15, 0.2) is 22.5 Å². The van der Waals surface area contributed by atoms with Crippen LogP contribution in [0.25, 0.3) is 0 Å². The van der Waals surface area contributed by atoms with E-state index in [-0.39, 0.29) is 5.69 Å². The van der Waals surface area contributed by atoms with Crippen LogP contribution in [0.4, 0.5) is 11.4 Å². The Balaban J connectivity index is 2.09. The molecule has 0 aliphatic carbocycles. The number of aryl methyl sites for hydroxylation is 1. The standard InChI is InChI=1S/C11H13N5O2S2/c1-2-10-13-11(20-15-10)19-6-7-3-4-8(14-12)9(5-7)16(17)18/h3-5,14H,2,6,12H2,1H3. The highest BCUT2D eigenvalue weighted by Crippen LogP contribution is 2.29. The Morgan fingerprint density at radius 1 is 1.55 bits per heavy atom. The zero-order valence-corrected chi connectivity index (χ0v) is 12.3. The minimum absolute atomic E-state index is 0.0305. The first-order chi connectivity index (χ1) is 9.63. The number of anilines is 1. The molecular formula is C11H13N5O2S2. The molecule has 1 heterocycles. The molecule has 9 heteroatoms. The molecule has 106 valence electrons. The zero-order chi connectivity index (χ0) is 14.5. The number of nitro groups is 1. The normalized spacial score (nSPS) is 10.5. The second kappa shape index (κ2) is 6.64. The molecule has 1 aromatic carbocycles. The Bertz CT molecular complexity index is 617. The number of nitrogens with two attached hydrogens (primary N) is 1. The summed E-state index contributed by atoms with van der Waals surface area (Å²) in [6.07, 6.45) is 0.805. The highest BCUT2D eigenvalue weighted by Gasteiger charge is 2.14. The lowest BCUT2D eigenvalue weighted by Gasteiger charge is -2.04. The van der Waals surface area contributed by atoms with Gasteiger partial charge in [0.15, 0.2) is 4.34 Å². The molecule has 0 aliphatic heterocycles. The number of hydrogen-bond donors (Lipinski definition) is 2. The molecule has 0 saturated carbocycles. The van der Waals surface area contributed by atoms with Crippen LogP contribution in [0.3, 0.4) is 0 Å². The van der Waals surface area contributed by atoms with Gasteiger partial charge in [0.1, 0.15) is 11.5 Å². The summed E-state index contributed by atoms with van der Waals surface area (Å²) in [5.41, 5.74) is 3.43. The van der Waals surface area contributed by atoms with Crippen LogP contribution < -0.4 is 11.3 Å². The number of benzene rings is 1. The SMILES string of the molecule is CCc1nsc(SCc2ccc(NN)c([N+](=O)[O-])c2)n1. The second-order valence-corrected chi connectivity index (χ2v) is 5.85. The van der Waals surface area contributed by atoms with E-state index in [1.807, 2.05) is 6.92 Å². The van der Waals surface area contributed by atoms with Gasteiger partial charge >= 0.3 is 0 Å². The van der Waals surface area contributed by atoms with Gasteiger partial charge in [-0.15, -0.1) is 0 Å². The van der Waals surface area contributed by atoms with Crippen LogP contribution in [-0.2, 0) is 12.2 Å². The van der Waals surface area contributed by atoms with Crippen molar-refractivity contribution in [3.8, 4) is 0 Å². The summed E-state index contributed by atoms with van der Waals surface area (Å²) in [6, 6.07) is 4.92. The van der Waals surface area contributed by atoms with Crippen LogP contribution in [0.2, 0.25) is 0 Å². The molecule has 0 atom stereocenters. The quantitative estimate of drug-likeness (QED) is 0.365. The molecule has 0 spiro atoms. The first kappa shape index (κ1) is 14.7. The monoisotopic (exact) mass is 311 g/mol. The van der Waals surface area contributed by atoms with E-state index in [0.29, 0.717) is 11.4 Å². The van der Waals surface area contributed by atoms with Crippen LogP contribution in [0, 0.1) is 10.1 Å². The van der Waals surface area contributed by atoms with Crippen LogP contribution in [0.1, 0.15) is 18.3 Å². The van der Waals surface area contributed by atoms with Crippen molar-refractivity contribution in [2.75, 3.05) is 5.43 Å². The summed E-state index contributed by atoms with van der Waals surface area (Å²) >= 11 is 2.86. The third-order valence-corrected chi connectivity index (χ3v) is 4.48. The largest absolute Gasteiger partial charge is 0.318 e. The van der Waals surface area contributed by atoms with Crippen molar-refractivity contribution < 1.29 is 4.92 Å². The first-order valence-corrected chi connectivity index (χ1v) is 7.59. The maximum atomic E-state index is 10.9. The van der Waals surface area contributed by atoms with E-state index in [2.05, 4.69) is 14.8 Å². The number of aromatic nitrogens is 2.